The molecule has 0 saturated heterocycles. The summed E-state index contributed by atoms with van der Waals surface area (Å²) in [6.45, 7) is 0. The average Bonchev–Trinajstić information content (AvgIpc) is 1.88. The van der Waals surface area contributed by atoms with Crippen molar-refractivity contribution < 1.29 is 4.98 Å². The van der Waals surface area contributed by atoms with Crippen LogP contribution in [-0.4, -0.2) is 11.2 Å². The highest BCUT2D eigenvalue weighted by molar-refractivity contribution is 7.98. The normalized spacial score (nSPS) is 9.44. The average molecular weight is 143 g/mol. The third-order valence-electron chi connectivity index (χ3n) is 0.906. The first-order chi connectivity index (χ1) is 4.33. The van der Waals surface area contributed by atoms with Crippen molar-refractivity contribution in [2.45, 2.75) is 5.03 Å². The van der Waals surface area contributed by atoms with E-state index in [1.165, 1.54) is 11.8 Å². The third-order valence-corrected chi connectivity index (χ3v) is 1.58. The summed E-state index contributed by atoms with van der Waals surface area (Å²) in [7, 11) is 0. The van der Waals surface area contributed by atoms with Crippen LogP contribution >= 0.6 is 11.8 Å². The molecule has 0 atom stereocenters. The highest BCUT2D eigenvalue weighted by atomic mass is 32.2. The van der Waals surface area contributed by atoms with Crippen molar-refractivity contribution in [3.8, 4) is 0 Å². The Labute approximate surface area is 56.5 Å². The maximum absolute atomic E-state index is 10.5. The van der Waals surface area contributed by atoms with Crippen LogP contribution in [0.4, 0.5) is 0 Å². The Kier molecular flexibility index (Phi) is 1.89. The van der Waals surface area contributed by atoms with Gasteiger partial charge in [0.15, 0.2) is 5.03 Å². The number of aromatic amines is 2. The van der Waals surface area contributed by atoms with Crippen LogP contribution in [0.3, 0.4) is 0 Å². The Balaban J connectivity index is 3.08. The molecule has 1 heterocycles. The summed E-state index contributed by atoms with van der Waals surface area (Å²) in [6.07, 6.45) is 3.52. The van der Waals surface area contributed by atoms with Crippen molar-refractivity contribution >= 4 is 11.8 Å². The van der Waals surface area contributed by atoms with Gasteiger partial charge in [-0.1, -0.05) is 11.8 Å². The summed E-state index contributed by atoms with van der Waals surface area (Å²) in [4.78, 5) is 15.6. The number of rotatable bonds is 1. The van der Waals surface area contributed by atoms with Crippen LogP contribution in [-0.2, 0) is 0 Å². The van der Waals surface area contributed by atoms with Crippen molar-refractivity contribution in [3.05, 3.63) is 22.7 Å². The fourth-order valence-corrected chi connectivity index (χ4v) is 0.901. The smallest absolute Gasteiger partial charge is 0.211 e. The second-order valence-electron chi connectivity index (χ2n) is 1.50. The second-order valence-corrected chi connectivity index (χ2v) is 2.35. The zero-order valence-electron chi connectivity index (χ0n) is 4.97. The molecule has 2 N–H and O–H groups in total. The lowest BCUT2D eigenvalue weighted by atomic mass is 10.7. The Morgan fingerprint density at radius 3 is 3.00 bits per heavy atom. The number of hydrogen-bond acceptors (Lipinski definition) is 2. The maximum Gasteiger partial charge on any atom is 0.494 e. The van der Waals surface area contributed by atoms with Crippen molar-refractivity contribution in [3.63, 3.8) is 0 Å². The van der Waals surface area contributed by atoms with Gasteiger partial charge in [0.25, 0.3) is 0 Å². The molecule has 0 spiro atoms. The number of thioether (sulfide) groups is 1. The van der Waals surface area contributed by atoms with Crippen LogP contribution in [0.15, 0.2) is 22.1 Å². The van der Waals surface area contributed by atoms with Crippen LogP contribution in [0.1, 0.15) is 0 Å². The van der Waals surface area contributed by atoms with Gasteiger partial charge in [-0.2, -0.15) is 9.78 Å². The molecule has 3 nitrogen and oxygen atoms in total. The largest absolute Gasteiger partial charge is 0.494 e. The van der Waals surface area contributed by atoms with Gasteiger partial charge >= 0.3 is 5.69 Å². The summed E-state index contributed by atoms with van der Waals surface area (Å²) in [5, 5.41) is 0.874. The van der Waals surface area contributed by atoms with E-state index in [1.54, 1.807) is 6.20 Å². The highest BCUT2D eigenvalue weighted by Gasteiger charge is 1.94. The fraction of sp³-hybridized carbons (Fsp3) is 0.200. The number of hydrogen-bond donors (Lipinski definition) is 1. The number of aromatic nitrogens is 2. The number of H-pyrrole nitrogens is 2. The van der Waals surface area contributed by atoms with Crippen LogP contribution < -0.4 is 10.7 Å². The van der Waals surface area contributed by atoms with Gasteiger partial charge in [0.1, 0.15) is 0 Å². The molecule has 1 rings (SSSR count). The summed E-state index contributed by atoms with van der Waals surface area (Å²) < 4.78 is 0. The predicted octanol–water partition coefficient (Wildman–Crippen LogP) is -0.0891. The molecule has 0 aliphatic heterocycles. The van der Waals surface area contributed by atoms with E-state index >= 15 is 0 Å². The maximum atomic E-state index is 10.5. The minimum absolute atomic E-state index is 0.165. The molecular formula is C5H7N2OS+. The zero-order valence-corrected chi connectivity index (χ0v) is 5.79. The van der Waals surface area contributed by atoms with E-state index in [0.29, 0.717) is 0 Å². The molecule has 0 bridgehead atoms. The van der Waals surface area contributed by atoms with Gasteiger partial charge in [-0.05, 0) is 6.26 Å². The lowest BCUT2D eigenvalue weighted by Crippen LogP contribution is -2.28. The van der Waals surface area contributed by atoms with E-state index in [-0.39, 0.29) is 5.69 Å². The second kappa shape index (κ2) is 2.68. The van der Waals surface area contributed by atoms with Gasteiger partial charge in [0, 0.05) is 6.07 Å². The van der Waals surface area contributed by atoms with Crippen LogP contribution in [0.25, 0.3) is 0 Å². The van der Waals surface area contributed by atoms with Crippen LogP contribution in [0, 0.1) is 0 Å². The molecule has 48 valence electrons. The Bertz CT molecular complexity index is 245. The van der Waals surface area contributed by atoms with Gasteiger partial charge in [-0.25, -0.2) is 4.98 Å². The first-order valence-corrected chi connectivity index (χ1v) is 3.70. The summed E-state index contributed by atoms with van der Waals surface area (Å²) in [5.41, 5.74) is -0.165. The summed E-state index contributed by atoms with van der Waals surface area (Å²) >= 11 is 1.51. The Morgan fingerprint density at radius 2 is 2.56 bits per heavy atom. The Hall–Kier alpha value is -0.770. The van der Waals surface area contributed by atoms with Crippen molar-refractivity contribution in [1.29, 1.82) is 0 Å². The highest BCUT2D eigenvalue weighted by Crippen LogP contribution is 2.04. The van der Waals surface area contributed by atoms with E-state index in [2.05, 4.69) is 9.97 Å². The molecule has 0 amide bonds. The van der Waals surface area contributed by atoms with Crippen molar-refractivity contribution in [1.82, 2.24) is 4.98 Å². The molecule has 0 aromatic carbocycles. The molecule has 0 aliphatic rings. The van der Waals surface area contributed by atoms with Crippen LogP contribution in [0.2, 0.25) is 0 Å². The van der Waals surface area contributed by atoms with E-state index < -0.39 is 0 Å². The zero-order chi connectivity index (χ0) is 6.69. The van der Waals surface area contributed by atoms with Crippen molar-refractivity contribution in [2.75, 3.05) is 6.26 Å². The molecule has 1 aromatic heterocycles. The summed E-state index contributed by atoms with van der Waals surface area (Å²) in [5.74, 6) is 0. The van der Waals surface area contributed by atoms with Gasteiger partial charge in [0.05, 0.1) is 6.20 Å². The summed E-state index contributed by atoms with van der Waals surface area (Å²) in [6, 6.07) is 1.81. The minimum Gasteiger partial charge on any atom is -0.211 e. The van der Waals surface area contributed by atoms with Gasteiger partial charge in [0.2, 0.25) is 0 Å². The van der Waals surface area contributed by atoms with Crippen molar-refractivity contribution in [2.24, 2.45) is 0 Å². The van der Waals surface area contributed by atoms with E-state index in [0.717, 1.165) is 5.03 Å². The molecule has 0 aliphatic carbocycles. The fourth-order valence-electron chi connectivity index (χ4n) is 0.502. The minimum atomic E-state index is -0.165. The van der Waals surface area contributed by atoms with E-state index in [4.69, 9.17) is 0 Å². The van der Waals surface area contributed by atoms with Gasteiger partial charge in [-0.3, -0.25) is 0 Å². The molecule has 1 aromatic rings. The molecule has 0 radical (unpaired) electrons. The first kappa shape index (κ1) is 6.35. The van der Waals surface area contributed by atoms with Crippen LogP contribution in [0.5, 0.6) is 0 Å². The van der Waals surface area contributed by atoms with Gasteiger partial charge < -0.3 is 0 Å². The quantitative estimate of drug-likeness (QED) is 0.441. The molecule has 4 heteroatoms. The van der Waals surface area contributed by atoms with E-state index in [1.807, 2.05) is 12.3 Å². The molecule has 0 unspecified atom stereocenters. The standard InChI is InChI=1S/C5H6N2OS/c1-9-4-2-3-6-5(8)7-4/h2-3H,1H3,(H,6,7,8)/p+1. The van der Waals surface area contributed by atoms with E-state index in [9.17, 15) is 4.79 Å². The lowest BCUT2D eigenvalue weighted by Gasteiger charge is -1.83. The molecule has 9 heavy (non-hydrogen) atoms. The van der Waals surface area contributed by atoms with Gasteiger partial charge in [-0.15, -0.1) is 0 Å². The number of nitrogens with one attached hydrogen (secondary N) is 2. The molecular weight excluding hydrogens is 136 g/mol. The monoisotopic (exact) mass is 143 g/mol. The topological polar surface area (TPSA) is 47.0 Å². The SMILES string of the molecule is CSc1cc[nH+]c(=O)[nH]1. The Morgan fingerprint density at radius 1 is 1.78 bits per heavy atom. The predicted molar refractivity (Wildman–Crippen MR) is 35.4 cm³/mol. The molecule has 0 fully saturated rings. The molecule has 0 saturated carbocycles. The first-order valence-electron chi connectivity index (χ1n) is 2.48. The lowest BCUT2D eigenvalue weighted by molar-refractivity contribution is -0.403. The third kappa shape index (κ3) is 1.57.